The quantitative estimate of drug-likeness (QED) is 0.522. The van der Waals surface area contributed by atoms with Gasteiger partial charge in [0.05, 0.1) is 17.9 Å². The maximum atomic E-state index is 12.7. The molecule has 3 aromatic rings. The van der Waals surface area contributed by atoms with Crippen LogP contribution >= 0.6 is 0 Å². The van der Waals surface area contributed by atoms with Crippen LogP contribution in [0.3, 0.4) is 0 Å². The Bertz CT molecular complexity index is 1070. The molecule has 3 N–H and O–H groups in total. The maximum absolute atomic E-state index is 12.7. The van der Waals surface area contributed by atoms with Crippen molar-refractivity contribution < 1.29 is 18.3 Å². The van der Waals surface area contributed by atoms with Gasteiger partial charge >= 0.3 is 10.2 Å². The van der Waals surface area contributed by atoms with E-state index in [0.717, 1.165) is 11.1 Å². The second-order valence-corrected chi connectivity index (χ2v) is 7.83. The molecule has 0 aliphatic heterocycles. The van der Waals surface area contributed by atoms with Crippen LogP contribution in [-0.2, 0) is 10.2 Å². The predicted molar refractivity (Wildman–Crippen MR) is 112 cm³/mol. The number of nitrogens with one attached hydrogen (secondary N) is 2. The van der Waals surface area contributed by atoms with Gasteiger partial charge in [-0.15, -0.1) is 0 Å². The van der Waals surface area contributed by atoms with Gasteiger partial charge < -0.3 is 9.84 Å². The van der Waals surface area contributed by atoms with Crippen LogP contribution in [0.2, 0.25) is 0 Å². The molecule has 0 aliphatic carbocycles. The molecule has 9 heteroatoms. The van der Waals surface area contributed by atoms with Crippen LogP contribution in [0.1, 0.15) is 11.1 Å². The molecule has 1 aromatic heterocycles. The summed E-state index contributed by atoms with van der Waals surface area (Å²) in [6, 6.07) is 14.4. The third kappa shape index (κ3) is 5.43. The van der Waals surface area contributed by atoms with Crippen molar-refractivity contribution in [3.8, 4) is 17.0 Å². The Morgan fingerprint density at radius 1 is 0.931 bits per heavy atom. The first-order chi connectivity index (χ1) is 13.9. The van der Waals surface area contributed by atoms with Crippen molar-refractivity contribution in [3.05, 3.63) is 66.0 Å². The highest BCUT2D eigenvalue weighted by atomic mass is 32.2. The molecule has 0 amide bonds. The van der Waals surface area contributed by atoms with Crippen molar-refractivity contribution in [2.75, 3.05) is 22.7 Å². The van der Waals surface area contributed by atoms with Gasteiger partial charge in [-0.2, -0.15) is 8.42 Å². The van der Waals surface area contributed by atoms with Gasteiger partial charge in [0.15, 0.2) is 5.82 Å². The number of benzene rings is 2. The highest BCUT2D eigenvalue weighted by molar-refractivity contribution is 7.94. The lowest BCUT2D eigenvalue weighted by Gasteiger charge is -2.16. The molecule has 1 heterocycles. The van der Waals surface area contributed by atoms with E-state index in [1.54, 1.807) is 24.3 Å². The number of anilines is 2. The highest BCUT2D eigenvalue weighted by Crippen LogP contribution is 2.34. The number of aliphatic hydroxyl groups is 1. The lowest BCUT2D eigenvalue weighted by atomic mass is 10.1. The number of aliphatic hydroxyl groups excluding tert-OH is 1. The Labute approximate surface area is 169 Å². The van der Waals surface area contributed by atoms with Crippen LogP contribution in [0.15, 0.2) is 54.9 Å². The number of hydrogen-bond acceptors (Lipinski definition) is 6. The van der Waals surface area contributed by atoms with E-state index in [9.17, 15) is 8.42 Å². The van der Waals surface area contributed by atoms with Crippen LogP contribution < -0.4 is 14.2 Å². The van der Waals surface area contributed by atoms with E-state index in [1.165, 1.54) is 6.33 Å². The van der Waals surface area contributed by atoms with Crippen LogP contribution in [0.4, 0.5) is 11.5 Å². The molecule has 152 valence electrons. The zero-order valence-corrected chi connectivity index (χ0v) is 16.9. The molecule has 0 aliphatic rings. The normalized spacial score (nSPS) is 11.1. The number of aryl methyl sites for hydroxylation is 2. The average Bonchev–Trinajstić information content (AvgIpc) is 2.68. The first kappa shape index (κ1) is 20.6. The molecule has 0 bridgehead atoms. The van der Waals surface area contributed by atoms with Crippen molar-refractivity contribution >= 4 is 21.7 Å². The van der Waals surface area contributed by atoms with Crippen LogP contribution in [0.25, 0.3) is 11.1 Å². The number of ether oxygens (including phenoxy) is 1. The van der Waals surface area contributed by atoms with Gasteiger partial charge in [-0.25, -0.2) is 14.7 Å². The average molecular weight is 414 g/mol. The Morgan fingerprint density at radius 2 is 1.55 bits per heavy atom. The minimum Gasteiger partial charge on any atom is -0.475 e. The van der Waals surface area contributed by atoms with Crippen molar-refractivity contribution in [3.63, 3.8) is 0 Å². The fraction of sp³-hybridized carbons (Fsp3) is 0.200. The summed E-state index contributed by atoms with van der Waals surface area (Å²) < 4.78 is 35.7. The minimum absolute atomic E-state index is 0.0175. The summed E-state index contributed by atoms with van der Waals surface area (Å²) in [5.41, 5.74) is 3.55. The van der Waals surface area contributed by atoms with E-state index in [4.69, 9.17) is 9.84 Å². The SMILES string of the molecule is Cc1ccc(NS(=O)(=O)Nc2ncnc(OCCO)c2-c2ccc(C)cc2)cc1. The van der Waals surface area contributed by atoms with Crippen LogP contribution in [0.5, 0.6) is 5.88 Å². The molecule has 0 spiro atoms. The maximum Gasteiger partial charge on any atom is 0.322 e. The Kier molecular flexibility index (Phi) is 6.30. The summed E-state index contributed by atoms with van der Waals surface area (Å²) in [5.74, 6) is 0.238. The third-order valence-electron chi connectivity index (χ3n) is 4.02. The monoisotopic (exact) mass is 414 g/mol. The molecular weight excluding hydrogens is 392 g/mol. The topological polar surface area (TPSA) is 113 Å². The van der Waals surface area contributed by atoms with E-state index < -0.39 is 10.2 Å². The largest absolute Gasteiger partial charge is 0.475 e. The van der Waals surface area contributed by atoms with Gasteiger partial charge in [0.1, 0.15) is 12.9 Å². The number of rotatable bonds is 8. The first-order valence-electron chi connectivity index (χ1n) is 8.91. The molecule has 0 fully saturated rings. The molecule has 3 rings (SSSR count). The fourth-order valence-electron chi connectivity index (χ4n) is 2.61. The van der Waals surface area contributed by atoms with E-state index in [0.29, 0.717) is 16.8 Å². The smallest absolute Gasteiger partial charge is 0.322 e. The summed E-state index contributed by atoms with van der Waals surface area (Å²) in [4.78, 5) is 8.20. The van der Waals surface area contributed by atoms with E-state index in [-0.39, 0.29) is 24.9 Å². The molecule has 29 heavy (non-hydrogen) atoms. The predicted octanol–water partition coefficient (Wildman–Crippen LogP) is 2.90. The zero-order chi connectivity index (χ0) is 20.9. The molecule has 0 saturated heterocycles. The molecule has 0 saturated carbocycles. The Morgan fingerprint density at radius 3 is 2.17 bits per heavy atom. The van der Waals surface area contributed by atoms with Gasteiger partial charge in [0.2, 0.25) is 5.88 Å². The Hall–Kier alpha value is -3.17. The molecular formula is C20H22N4O4S. The fourth-order valence-corrected chi connectivity index (χ4v) is 3.52. The first-order valence-corrected chi connectivity index (χ1v) is 10.4. The van der Waals surface area contributed by atoms with Crippen LogP contribution in [-0.4, -0.2) is 36.7 Å². The summed E-state index contributed by atoms with van der Waals surface area (Å²) in [6.07, 6.45) is 1.20. The number of nitrogens with zero attached hydrogens (tertiary/aromatic N) is 2. The Balaban J connectivity index is 1.97. The van der Waals surface area contributed by atoms with Gasteiger partial charge in [-0.05, 0) is 31.5 Å². The molecule has 2 aromatic carbocycles. The molecule has 8 nitrogen and oxygen atoms in total. The van der Waals surface area contributed by atoms with E-state index in [2.05, 4.69) is 19.4 Å². The van der Waals surface area contributed by atoms with Crippen molar-refractivity contribution in [2.45, 2.75) is 13.8 Å². The number of aromatic nitrogens is 2. The third-order valence-corrected chi connectivity index (χ3v) is 4.98. The van der Waals surface area contributed by atoms with Gasteiger partial charge in [-0.3, -0.25) is 4.72 Å². The van der Waals surface area contributed by atoms with Gasteiger partial charge in [0, 0.05) is 0 Å². The molecule has 0 unspecified atom stereocenters. The van der Waals surface area contributed by atoms with E-state index >= 15 is 0 Å². The minimum atomic E-state index is -3.97. The van der Waals surface area contributed by atoms with Gasteiger partial charge in [0.25, 0.3) is 0 Å². The second-order valence-electron chi connectivity index (χ2n) is 6.41. The van der Waals surface area contributed by atoms with Crippen LogP contribution in [0, 0.1) is 13.8 Å². The van der Waals surface area contributed by atoms with Crippen molar-refractivity contribution in [2.24, 2.45) is 0 Å². The molecule has 0 atom stereocenters. The standard InChI is InChI=1S/C20H22N4O4S/c1-14-3-7-16(8-4-14)18-19(21-13-22-20(18)28-12-11-25)24-29(26,27)23-17-9-5-15(2)6-10-17/h3-10,13,23,25H,11-12H2,1-2H3,(H,21,22,24). The lowest BCUT2D eigenvalue weighted by Crippen LogP contribution is -2.23. The number of hydrogen-bond donors (Lipinski definition) is 3. The van der Waals surface area contributed by atoms with Gasteiger partial charge in [-0.1, -0.05) is 47.5 Å². The summed E-state index contributed by atoms with van der Waals surface area (Å²) >= 11 is 0. The zero-order valence-electron chi connectivity index (χ0n) is 16.1. The highest BCUT2D eigenvalue weighted by Gasteiger charge is 2.20. The summed E-state index contributed by atoms with van der Waals surface area (Å²) in [6.45, 7) is 3.68. The lowest BCUT2D eigenvalue weighted by molar-refractivity contribution is 0.197. The summed E-state index contributed by atoms with van der Waals surface area (Å²) in [7, 11) is -3.97. The van der Waals surface area contributed by atoms with E-state index in [1.807, 2.05) is 38.1 Å². The summed E-state index contributed by atoms with van der Waals surface area (Å²) in [5, 5.41) is 9.07. The molecule has 0 radical (unpaired) electrons. The van der Waals surface area contributed by atoms with Crippen molar-refractivity contribution in [1.82, 2.24) is 9.97 Å². The second kappa shape index (κ2) is 8.89. The van der Waals surface area contributed by atoms with Crippen molar-refractivity contribution in [1.29, 1.82) is 0 Å².